The van der Waals surface area contributed by atoms with Crippen molar-refractivity contribution in [3.63, 3.8) is 0 Å². The molecular formula is C10H11ClF3NO. The van der Waals surface area contributed by atoms with Crippen molar-refractivity contribution < 1.29 is 18.3 Å². The molecule has 2 nitrogen and oxygen atoms in total. The van der Waals surface area contributed by atoms with E-state index < -0.39 is 17.7 Å². The van der Waals surface area contributed by atoms with Crippen LogP contribution in [-0.2, 0) is 6.18 Å². The quantitative estimate of drug-likeness (QED) is 0.869. The van der Waals surface area contributed by atoms with Gasteiger partial charge in [0, 0.05) is 12.5 Å². The van der Waals surface area contributed by atoms with Gasteiger partial charge >= 0.3 is 6.18 Å². The number of nitrogens with two attached hydrogens (primary N) is 1. The minimum absolute atomic E-state index is 0.0788. The number of rotatable bonds is 3. The molecule has 1 rings (SSSR count). The van der Waals surface area contributed by atoms with E-state index in [9.17, 15) is 13.2 Å². The molecule has 1 aromatic rings. The molecule has 0 spiro atoms. The fourth-order valence-corrected chi connectivity index (χ4v) is 1.55. The van der Waals surface area contributed by atoms with Crippen molar-refractivity contribution in [3.8, 4) is 0 Å². The minimum atomic E-state index is -4.50. The second-order valence-corrected chi connectivity index (χ2v) is 3.76. The Morgan fingerprint density at radius 2 is 2.00 bits per heavy atom. The van der Waals surface area contributed by atoms with E-state index in [2.05, 4.69) is 0 Å². The zero-order valence-electron chi connectivity index (χ0n) is 8.26. The first kappa shape index (κ1) is 13.3. The van der Waals surface area contributed by atoms with E-state index in [1.54, 1.807) is 0 Å². The van der Waals surface area contributed by atoms with E-state index in [1.165, 1.54) is 6.07 Å². The summed E-state index contributed by atoms with van der Waals surface area (Å²) in [7, 11) is 0. The van der Waals surface area contributed by atoms with Gasteiger partial charge in [0.05, 0.1) is 17.2 Å². The highest BCUT2D eigenvalue weighted by Crippen LogP contribution is 2.36. The number of halogens is 4. The predicted molar refractivity (Wildman–Crippen MR) is 55.3 cm³/mol. The van der Waals surface area contributed by atoms with Gasteiger partial charge in [-0.25, -0.2) is 0 Å². The first-order valence-electron chi connectivity index (χ1n) is 4.57. The maximum atomic E-state index is 12.5. The molecule has 1 aromatic carbocycles. The Morgan fingerprint density at radius 1 is 1.38 bits per heavy atom. The molecular weight excluding hydrogens is 243 g/mol. The van der Waals surface area contributed by atoms with Crippen LogP contribution >= 0.6 is 11.6 Å². The van der Waals surface area contributed by atoms with E-state index in [-0.39, 0.29) is 18.2 Å². The second kappa shape index (κ2) is 5.03. The maximum absolute atomic E-state index is 12.5. The average Bonchev–Trinajstić information content (AvgIpc) is 2.20. The third-order valence-electron chi connectivity index (χ3n) is 2.27. The zero-order chi connectivity index (χ0) is 12.3. The van der Waals surface area contributed by atoms with Crippen molar-refractivity contribution in [3.05, 3.63) is 34.3 Å². The van der Waals surface area contributed by atoms with Crippen molar-refractivity contribution >= 4 is 11.6 Å². The first-order valence-corrected chi connectivity index (χ1v) is 4.95. The Labute approximate surface area is 95.8 Å². The molecule has 90 valence electrons. The molecule has 0 aliphatic heterocycles. The van der Waals surface area contributed by atoms with Crippen molar-refractivity contribution in [1.82, 2.24) is 0 Å². The van der Waals surface area contributed by atoms with Gasteiger partial charge in [0.1, 0.15) is 0 Å². The van der Waals surface area contributed by atoms with Crippen molar-refractivity contribution in [1.29, 1.82) is 0 Å². The Balaban J connectivity index is 3.17. The Kier molecular flexibility index (Phi) is 4.18. The van der Waals surface area contributed by atoms with Gasteiger partial charge in [-0.3, -0.25) is 0 Å². The summed E-state index contributed by atoms with van der Waals surface area (Å²) in [6, 6.07) is 3.53. The van der Waals surface area contributed by atoms with E-state index in [0.717, 1.165) is 12.1 Å². The zero-order valence-corrected chi connectivity index (χ0v) is 9.02. The predicted octanol–water partition coefficient (Wildman–Crippen LogP) is 2.39. The second-order valence-electron chi connectivity index (χ2n) is 3.35. The molecule has 6 heteroatoms. The summed E-state index contributed by atoms with van der Waals surface area (Å²) in [4.78, 5) is 0. The van der Waals surface area contributed by atoms with Gasteiger partial charge < -0.3 is 10.8 Å². The molecule has 3 N–H and O–H groups in total. The lowest BCUT2D eigenvalue weighted by atomic mass is 9.98. The summed E-state index contributed by atoms with van der Waals surface area (Å²) in [6.45, 7) is -0.217. The first-order chi connectivity index (χ1) is 7.40. The van der Waals surface area contributed by atoms with Crippen molar-refractivity contribution in [2.45, 2.75) is 12.1 Å². The molecule has 0 saturated carbocycles. The van der Waals surface area contributed by atoms with Crippen LogP contribution in [-0.4, -0.2) is 18.3 Å². The molecule has 1 unspecified atom stereocenters. The number of hydrogen-bond donors (Lipinski definition) is 2. The molecule has 0 saturated heterocycles. The van der Waals surface area contributed by atoms with E-state index in [0.29, 0.717) is 5.56 Å². The molecule has 0 fully saturated rings. The molecule has 0 bridgehead atoms. The number of aliphatic hydroxyl groups is 1. The van der Waals surface area contributed by atoms with Gasteiger partial charge in [-0.1, -0.05) is 17.7 Å². The lowest BCUT2D eigenvalue weighted by Crippen LogP contribution is -2.17. The molecule has 16 heavy (non-hydrogen) atoms. The van der Waals surface area contributed by atoms with E-state index in [4.69, 9.17) is 22.4 Å². The smallest absolute Gasteiger partial charge is 0.396 e. The van der Waals surface area contributed by atoms with Crippen LogP contribution in [0.1, 0.15) is 17.0 Å². The molecule has 0 aliphatic rings. The van der Waals surface area contributed by atoms with Crippen LogP contribution in [0.2, 0.25) is 5.02 Å². The van der Waals surface area contributed by atoms with Gasteiger partial charge in [0.15, 0.2) is 0 Å². The molecule has 1 atom stereocenters. The lowest BCUT2D eigenvalue weighted by molar-refractivity contribution is -0.137. The summed E-state index contributed by atoms with van der Waals surface area (Å²) < 4.78 is 37.6. The molecule has 0 aromatic heterocycles. The van der Waals surface area contributed by atoms with Crippen molar-refractivity contribution in [2.75, 3.05) is 13.2 Å². The number of hydrogen-bond acceptors (Lipinski definition) is 2. The summed E-state index contributed by atoms with van der Waals surface area (Å²) in [5.41, 5.74) is 4.77. The van der Waals surface area contributed by atoms with Gasteiger partial charge in [0.2, 0.25) is 0 Å². The largest absolute Gasteiger partial charge is 0.417 e. The third kappa shape index (κ3) is 2.87. The molecule has 0 heterocycles. The average molecular weight is 254 g/mol. The van der Waals surface area contributed by atoms with Crippen LogP contribution in [0, 0.1) is 0 Å². The van der Waals surface area contributed by atoms with E-state index >= 15 is 0 Å². The topological polar surface area (TPSA) is 46.2 Å². The number of alkyl halides is 3. The number of benzene rings is 1. The summed E-state index contributed by atoms with van der Waals surface area (Å²) in [6.07, 6.45) is -4.50. The monoisotopic (exact) mass is 253 g/mol. The van der Waals surface area contributed by atoms with Crippen LogP contribution in [0.25, 0.3) is 0 Å². The SMILES string of the molecule is NCC(CO)c1ccc(Cl)c(C(F)(F)F)c1. The Bertz CT molecular complexity index is 364. The van der Waals surface area contributed by atoms with Gasteiger partial charge in [-0.15, -0.1) is 0 Å². The minimum Gasteiger partial charge on any atom is -0.396 e. The van der Waals surface area contributed by atoms with Crippen LogP contribution in [0.4, 0.5) is 13.2 Å². The highest BCUT2D eigenvalue weighted by molar-refractivity contribution is 6.31. The molecule has 0 aliphatic carbocycles. The fourth-order valence-electron chi connectivity index (χ4n) is 1.33. The molecule has 0 radical (unpaired) electrons. The van der Waals surface area contributed by atoms with Gasteiger partial charge in [-0.2, -0.15) is 13.2 Å². The highest BCUT2D eigenvalue weighted by atomic mass is 35.5. The number of aliphatic hydroxyl groups excluding tert-OH is 1. The van der Waals surface area contributed by atoms with Crippen LogP contribution < -0.4 is 5.73 Å². The fraction of sp³-hybridized carbons (Fsp3) is 0.400. The Morgan fingerprint density at radius 3 is 2.44 bits per heavy atom. The van der Waals surface area contributed by atoms with Crippen LogP contribution in [0.15, 0.2) is 18.2 Å². The summed E-state index contributed by atoms with van der Waals surface area (Å²) in [5, 5.41) is 8.59. The van der Waals surface area contributed by atoms with E-state index in [1.807, 2.05) is 0 Å². The highest BCUT2D eigenvalue weighted by Gasteiger charge is 2.33. The van der Waals surface area contributed by atoms with Gasteiger partial charge in [-0.05, 0) is 17.7 Å². The van der Waals surface area contributed by atoms with Gasteiger partial charge in [0.25, 0.3) is 0 Å². The normalized spacial score (nSPS) is 13.9. The third-order valence-corrected chi connectivity index (χ3v) is 2.60. The van der Waals surface area contributed by atoms with Crippen LogP contribution in [0.3, 0.4) is 0 Å². The standard InChI is InChI=1S/C10H11ClF3NO/c11-9-2-1-6(7(4-15)5-16)3-8(9)10(12,13)14/h1-3,7,16H,4-5,15H2. The Hall–Kier alpha value is -0.780. The van der Waals surface area contributed by atoms with Crippen molar-refractivity contribution in [2.24, 2.45) is 5.73 Å². The molecule has 0 amide bonds. The summed E-state index contributed by atoms with van der Waals surface area (Å²) >= 11 is 5.46. The van der Waals surface area contributed by atoms with Crippen LogP contribution in [0.5, 0.6) is 0 Å². The maximum Gasteiger partial charge on any atom is 0.417 e. The lowest BCUT2D eigenvalue weighted by Gasteiger charge is -2.15. The summed E-state index contributed by atoms with van der Waals surface area (Å²) in [5.74, 6) is -0.502.